The lowest BCUT2D eigenvalue weighted by Gasteiger charge is -2.29. The van der Waals surface area contributed by atoms with Gasteiger partial charge in [0.1, 0.15) is 5.82 Å². The number of carbonyl (C=O) groups is 1. The van der Waals surface area contributed by atoms with Gasteiger partial charge in [-0.2, -0.15) is 0 Å². The largest absolute Gasteiger partial charge is 0.368 e. The van der Waals surface area contributed by atoms with Crippen molar-refractivity contribution in [1.82, 2.24) is 10.3 Å². The van der Waals surface area contributed by atoms with Gasteiger partial charge in [0, 0.05) is 32.6 Å². The van der Waals surface area contributed by atoms with Crippen molar-refractivity contribution in [2.24, 2.45) is 5.90 Å². The van der Waals surface area contributed by atoms with Crippen LogP contribution in [-0.2, 0) is 16.1 Å². The molecule has 7 nitrogen and oxygen atoms in total. The number of aromatic nitrogens is 1. The second-order valence-electron chi connectivity index (χ2n) is 5.94. The van der Waals surface area contributed by atoms with Crippen molar-refractivity contribution >= 4 is 17.4 Å². The van der Waals surface area contributed by atoms with Crippen LogP contribution in [0.15, 0.2) is 48.7 Å². The number of benzene rings is 1. The van der Waals surface area contributed by atoms with Crippen LogP contribution < -0.4 is 21.4 Å². The number of rotatable bonds is 6. The van der Waals surface area contributed by atoms with E-state index in [9.17, 15) is 4.79 Å². The number of hydrogen-bond donors (Lipinski definition) is 3. The van der Waals surface area contributed by atoms with Gasteiger partial charge in [-0.1, -0.05) is 30.3 Å². The third-order valence-corrected chi connectivity index (χ3v) is 4.20. The van der Waals surface area contributed by atoms with E-state index in [1.54, 1.807) is 12.3 Å². The van der Waals surface area contributed by atoms with Crippen LogP contribution in [0.5, 0.6) is 0 Å². The summed E-state index contributed by atoms with van der Waals surface area (Å²) in [7, 11) is 0. The third kappa shape index (κ3) is 4.76. The Balaban J connectivity index is 1.59. The summed E-state index contributed by atoms with van der Waals surface area (Å²) in [6.07, 6.45) is 1.41. The zero-order valence-electron chi connectivity index (χ0n) is 14.0. The molecule has 0 radical (unpaired) electrons. The monoisotopic (exact) mass is 341 g/mol. The Morgan fingerprint density at radius 1 is 1.24 bits per heavy atom. The smallest absolute Gasteiger partial charge is 0.257 e. The van der Waals surface area contributed by atoms with Gasteiger partial charge < -0.3 is 15.5 Å². The Hall–Kier alpha value is -2.48. The lowest BCUT2D eigenvalue weighted by Crippen LogP contribution is -2.43. The van der Waals surface area contributed by atoms with Gasteiger partial charge in [-0.05, 0) is 17.7 Å². The Labute approximate surface area is 147 Å². The minimum Gasteiger partial charge on any atom is -0.368 e. The zero-order valence-corrected chi connectivity index (χ0v) is 14.0. The van der Waals surface area contributed by atoms with E-state index < -0.39 is 6.10 Å². The summed E-state index contributed by atoms with van der Waals surface area (Å²) in [5.74, 6) is 5.48. The summed E-state index contributed by atoms with van der Waals surface area (Å²) in [6.45, 7) is 3.84. The van der Waals surface area contributed by atoms with E-state index in [0.717, 1.165) is 37.4 Å². The highest BCUT2D eigenvalue weighted by Gasteiger charge is 2.20. The molecule has 1 atom stereocenters. The van der Waals surface area contributed by atoms with Crippen LogP contribution in [0.1, 0.15) is 5.56 Å². The lowest BCUT2D eigenvalue weighted by atomic mass is 10.1. The summed E-state index contributed by atoms with van der Waals surface area (Å²) in [5, 5.41) is 6.07. The van der Waals surface area contributed by atoms with Crippen LogP contribution in [-0.4, -0.2) is 43.2 Å². The molecule has 7 heteroatoms. The summed E-state index contributed by atoms with van der Waals surface area (Å²) >= 11 is 0. The van der Waals surface area contributed by atoms with Crippen LogP contribution >= 0.6 is 0 Å². The molecular formula is C18H23N5O2. The molecule has 2 aromatic rings. The SMILES string of the molecule is NOC(Cc1ccccc1)C(=O)Nc1ccc(N2CCNCC2)cn1. The van der Waals surface area contributed by atoms with E-state index in [1.807, 2.05) is 36.4 Å². The third-order valence-electron chi connectivity index (χ3n) is 4.20. The topological polar surface area (TPSA) is 92.5 Å². The van der Waals surface area contributed by atoms with Gasteiger partial charge in [0.25, 0.3) is 5.91 Å². The van der Waals surface area contributed by atoms with Gasteiger partial charge in [0.05, 0.1) is 11.9 Å². The molecule has 1 aromatic heterocycles. The average Bonchev–Trinajstić information content (AvgIpc) is 2.68. The molecular weight excluding hydrogens is 318 g/mol. The van der Waals surface area contributed by atoms with Crippen LogP contribution in [0, 0.1) is 0 Å². The molecule has 25 heavy (non-hydrogen) atoms. The molecule has 1 amide bonds. The number of amides is 1. The van der Waals surface area contributed by atoms with Crippen molar-refractivity contribution in [3.63, 3.8) is 0 Å². The molecule has 1 saturated heterocycles. The van der Waals surface area contributed by atoms with Crippen molar-refractivity contribution in [3.8, 4) is 0 Å². The average molecular weight is 341 g/mol. The molecule has 0 saturated carbocycles. The number of nitrogens with one attached hydrogen (secondary N) is 2. The van der Waals surface area contributed by atoms with Crippen molar-refractivity contribution in [2.75, 3.05) is 36.4 Å². The highest BCUT2D eigenvalue weighted by Crippen LogP contribution is 2.16. The highest BCUT2D eigenvalue weighted by molar-refractivity contribution is 5.93. The fraction of sp³-hybridized carbons (Fsp3) is 0.333. The van der Waals surface area contributed by atoms with Crippen molar-refractivity contribution in [2.45, 2.75) is 12.5 Å². The normalized spacial score (nSPS) is 15.6. The van der Waals surface area contributed by atoms with Crippen molar-refractivity contribution < 1.29 is 9.63 Å². The molecule has 3 rings (SSSR count). The van der Waals surface area contributed by atoms with Crippen molar-refractivity contribution in [1.29, 1.82) is 0 Å². The maximum absolute atomic E-state index is 12.4. The maximum atomic E-state index is 12.4. The van der Waals surface area contributed by atoms with E-state index in [4.69, 9.17) is 10.7 Å². The van der Waals surface area contributed by atoms with Gasteiger partial charge in [-0.25, -0.2) is 10.9 Å². The Kier molecular flexibility index (Phi) is 5.95. The molecule has 1 aliphatic rings. The first-order valence-electron chi connectivity index (χ1n) is 8.38. The number of nitrogens with two attached hydrogens (primary N) is 1. The predicted molar refractivity (Wildman–Crippen MR) is 97.2 cm³/mol. The molecule has 0 spiro atoms. The predicted octanol–water partition coefficient (Wildman–Crippen LogP) is 0.931. The lowest BCUT2D eigenvalue weighted by molar-refractivity contribution is -0.127. The van der Waals surface area contributed by atoms with Crippen LogP contribution in [0.2, 0.25) is 0 Å². The van der Waals surface area contributed by atoms with Crippen LogP contribution in [0.25, 0.3) is 0 Å². The second-order valence-corrected chi connectivity index (χ2v) is 5.94. The number of pyridine rings is 1. The molecule has 4 N–H and O–H groups in total. The van der Waals surface area contributed by atoms with E-state index in [-0.39, 0.29) is 5.91 Å². The molecule has 1 aliphatic heterocycles. The van der Waals surface area contributed by atoms with Gasteiger partial charge in [0.2, 0.25) is 0 Å². The first-order valence-corrected chi connectivity index (χ1v) is 8.38. The van der Waals surface area contributed by atoms with Crippen molar-refractivity contribution in [3.05, 3.63) is 54.2 Å². The quantitative estimate of drug-likeness (QED) is 0.677. The number of piperazine rings is 1. The Morgan fingerprint density at radius 2 is 2.00 bits per heavy atom. The van der Waals surface area contributed by atoms with Crippen LogP contribution in [0.4, 0.5) is 11.5 Å². The van der Waals surface area contributed by atoms with E-state index >= 15 is 0 Å². The second kappa shape index (κ2) is 8.57. The van der Waals surface area contributed by atoms with E-state index in [2.05, 4.69) is 20.5 Å². The zero-order chi connectivity index (χ0) is 17.5. The summed E-state index contributed by atoms with van der Waals surface area (Å²) in [4.78, 5) is 23.8. The number of carbonyl (C=O) groups excluding carboxylic acids is 1. The van der Waals surface area contributed by atoms with Gasteiger partial charge in [-0.3, -0.25) is 9.63 Å². The van der Waals surface area contributed by atoms with Gasteiger partial charge in [0.15, 0.2) is 6.10 Å². The molecule has 0 aliphatic carbocycles. The number of nitrogens with zero attached hydrogens (tertiary/aromatic N) is 2. The minimum absolute atomic E-state index is 0.311. The fourth-order valence-corrected chi connectivity index (χ4v) is 2.81. The Bertz CT molecular complexity index is 672. The fourth-order valence-electron chi connectivity index (χ4n) is 2.81. The van der Waals surface area contributed by atoms with E-state index in [0.29, 0.717) is 12.2 Å². The van der Waals surface area contributed by atoms with Gasteiger partial charge >= 0.3 is 0 Å². The maximum Gasteiger partial charge on any atom is 0.257 e. The standard InChI is InChI=1S/C18H23N5O2/c19-25-16(12-14-4-2-1-3-5-14)18(24)22-17-7-6-15(13-21-17)23-10-8-20-9-11-23/h1-7,13,16,20H,8-12,19H2,(H,21,22,24). The molecule has 132 valence electrons. The van der Waals surface area contributed by atoms with Crippen LogP contribution in [0.3, 0.4) is 0 Å². The molecule has 2 heterocycles. The molecule has 1 unspecified atom stereocenters. The molecule has 1 fully saturated rings. The highest BCUT2D eigenvalue weighted by atomic mass is 16.6. The minimum atomic E-state index is -0.767. The summed E-state index contributed by atoms with van der Waals surface area (Å²) in [6, 6.07) is 13.4. The summed E-state index contributed by atoms with van der Waals surface area (Å²) < 4.78 is 0. The first-order chi connectivity index (χ1) is 12.3. The molecule has 1 aromatic carbocycles. The summed E-state index contributed by atoms with van der Waals surface area (Å²) in [5.41, 5.74) is 2.03. The number of hydrogen-bond acceptors (Lipinski definition) is 6. The molecule has 0 bridgehead atoms. The van der Waals surface area contributed by atoms with Gasteiger partial charge in [-0.15, -0.1) is 0 Å². The number of anilines is 2. The first kappa shape index (κ1) is 17.3. The Morgan fingerprint density at radius 3 is 2.64 bits per heavy atom. The van der Waals surface area contributed by atoms with E-state index in [1.165, 1.54) is 0 Å².